The summed E-state index contributed by atoms with van der Waals surface area (Å²) in [6.07, 6.45) is 2.25. The molecule has 0 bridgehead atoms. The normalized spacial score (nSPS) is 9.70. The molecule has 0 aliphatic rings. The SMILES string of the molecule is [S]CCCc1ccccc1. The van der Waals surface area contributed by atoms with E-state index in [1.807, 2.05) is 6.07 Å². The monoisotopic (exact) mass is 151 g/mol. The number of hydrogen-bond donors (Lipinski definition) is 0. The number of benzene rings is 1. The molecule has 0 aliphatic heterocycles. The lowest BCUT2D eigenvalue weighted by Gasteiger charge is -1.95. The summed E-state index contributed by atoms with van der Waals surface area (Å²) < 4.78 is 0. The standard InChI is InChI=1S/C9H11S/c10-8-4-7-9-5-2-1-3-6-9/h1-3,5-6H,4,7-8H2. The van der Waals surface area contributed by atoms with E-state index >= 15 is 0 Å². The van der Waals surface area contributed by atoms with Crippen molar-refractivity contribution in [3.05, 3.63) is 35.9 Å². The minimum Gasteiger partial charge on any atom is -0.0941 e. The molecule has 0 fully saturated rings. The molecule has 53 valence electrons. The second kappa shape index (κ2) is 4.40. The van der Waals surface area contributed by atoms with Crippen LogP contribution in [-0.2, 0) is 6.42 Å². The van der Waals surface area contributed by atoms with Gasteiger partial charge in [0.05, 0.1) is 0 Å². The van der Waals surface area contributed by atoms with Crippen LogP contribution in [0.15, 0.2) is 30.3 Å². The minimum absolute atomic E-state index is 0.870. The van der Waals surface area contributed by atoms with Crippen molar-refractivity contribution in [2.45, 2.75) is 12.8 Å². The number of rotatable bonds is 3. The second-order valence-electron chi connectivity index (χ2n) is 2.29. The third-order valence-electron chi connectivity index (χ3n) is 1.45. The first-order valence-electron chi connectivity index (χ1n) is 3.55. The van der Waals surface area contributed by atoms with E-state index in [9.17, 15) is 0 Å². The van der Waals surface area contributed by atoms with E-state index in [0.717, 1.165) is 18.6 Å². The summed E-state index contributed by atoms with van der Waals surface area (Å²) in [6, 6.07) is 10.5. The van der Waals surface area contributed by atoms with E-state index in [-0.39, 0.29) is 0 Å². The molecule has 0 saturated carbocycles. The van der Waals surface area contributed by atoms with Gasteiger partial charge in [-0.3, -0.25) is 0 Å². The lowest BCUT2D eigenvalue weighted by Crippen LogP contribution is -1.84. The molecule has 0 aliphatic carbocycles. The van der Waals surface area contributed by atoms with Crippen molar-refractivity contribution >= 4 is 12.6 Å². The molecular weight excluding hydrogens is 140 g/mol. The average Bonchev–Trinajstić information content (AvgIpc) is 2.03. The molecule has 0 nitrogen and oxygen atoms in total. The Labute approximate surface area is 67.7 Å². The Hall–Kier alpha value is -0.430. The third kappa shape index (κ3) is 2.44. The molecule has 0 N–H and O–H groups in total. The highest BCUT2D eigenvalue weighted by Gasteiger charge is 1.87. The lowest BCUT2D eigenvalue weighted by atomic mass is 10.1. The number of aryl methyl sites for hydroxylation is 1. The van der Waals surface area contributed by atoms with E-state index in [1.165, 1.54) is 5.56 Å². The maximum absolute atomic E-state index is 4.85. The van der Waals surface area contributed by atoms with Crippen molar-refractivity contribution in [1.82, 2.24) is 0 Å². The van der Waals surface area contributed by atoms with Gasteiger partial charge in [-0.05, 0) is 18.4 Å². The average molecular weight is 151 g/mol. The zero-order valence-electron chi connectivity index (χ0n) is 5.92. The van der Waals surface area contributed by atoms with Gasteiger partial charge in [0.2, 0.25) is 0 Å². The molecule has 1 aromatic carbocycles. The van der Waals surface area contributed by atoms with Crippen LogP contribution in [0.5, 0.6) is 0 Å². The first kappa shape index (κ1) is 7.67. The molecule has 0 heterocycles. The highest BCUT2D eigenvalue weighted by Crippen LogP contribution is 2.02. The van der Waals surface area contributed by atoms with Crippen LogP contribution < -0.4 is 0 Å². The minimum atomic E-state index is 0.870. The van der Waals surface area contributed by atoms with Crippen molar-refractivity contribution in [2.75, 3.05) is 5.75 Å². The maximum Gasteiger partial charge on any atom is 0.00401 e. The van der Waals surface area contributed by atoms with Gasteiger partial charge in [-0.2, -0.15) is 0 Å². The van der Waals surface area contributed by atoms with Crippen LogP contribution >= 0.6 is 12.6 Å². The van der Waals surface area contributed by atoms with Gasteiger partial charge in [0, 0.05) is 5.75 Å². The van der Waals surface area contributed by atoms with E-state index in [0.29, 0.717) is 0 Å². The number of hydrogen-bond acceptors (Lipinski definition) is 0. The van der Waals surface area contributed by atoms with Crippen molar-refractivity contribution in [1.29, 1.82) is 0 Å². The van der Waals surface area contributed by atoms with Gasteiger partial charge in [-0.15, -0.1) is 0 Å². The third-order valence-corrected chi connectivity index (χ3v) is 1.74. The lowest BCUT2D eigenvalue weighted by molar-refractivity contribution is 0.936. The zero-order chi connectivity index (χ0) is 7.23. The van der Waals surface area contributed by atoms with Gasteiger partial charge in [0.15, 0.2) is 0 Å². The summed E-state index contributed by atoms with van der Waals surface area (Å²) in [5.74, 6) is 0.870. The van der Waals surface area contributed by atoms with Gasteiger partial charge >= 0.3 is 0 Å². The van der Waals surface area contributed by atoms with E-state index in [2.05, 4.69) is 24.3 Å². The Bertz CT molecular complexity index is 169. The molecule has 1 radical (unpaired) electrons. The van der Waals surface area contributed by atoms with Crippen molar-refractivity contribution in [3.63, 3.8) is 0 Å². The molecule has 1 rings (SSSR count). The fourth-order valence-corrected chi connectivity index (χ4v) is 1.07. The summed E-state index contributed by atoms with van der Waals surface area (Å²) in [5, 5.41) is 0. The quantitative estimate of drug-likeness (QED) is 0.623. The van der Waals surface area contributed by atoms with Gasteiger partial charge < -0.3 is 0 Å². The Morgan fingerprint density at radius 2 is 1.80 bits per heavy atom. The van der Waals surface area contributed by atoms with Gasteiger partial charge in [-0.25, -0.2) is 0 Å². The molecule has 0 aromatic heterocycles. The summed E-state index contributed by atoms with van der Waals surface area (Å²) in [5.41, 5.74) is 1.40. The predicted octanol–water partition coefficient (Wildman–Crippen LogP) is 2.82. The fraction of sp³-hybridized carbons (Fsp3) is 0.333. The Morgan fingerprint density at radius 1 is 1.10 bits per heavy atom. The molecule has 0 atom stereocenters. The fourth-order valence-electron chi connectivity index (χ4n) is 0.921. The van der Waals surface area contributed by atoms with Crippen molar-refractivity contribution in [3.8, 4) is 0 Å². The predicted molar refractivity (Wildman–Crippen MR) is 47.2 cm³/mol. The Kier molecular flexibility index (Phi) is 3.37. The summed E-state index contributed by atoms with van der Waals surface area (Å²) in [7, 11) is 0. The van der Waals surface area contributed by atoms with E-state index in [4.69, 9.17) is 12.6 Å². The van der Waals surface area contributed by atoms with Crippen LogP contribution in [0, 0.1) is 0 Å². The first-order chi connectivity index (χ1) is 4.93. The van der Waals surface area contributed by atoms with Gasteiger partial charge in [0.25, 0.3) is 0 Å². The van der Waals surface area contributed by atoms with E-state index in [1.54, 1.807) is 0 Å². The van der Waals surface area contributed by atoms with Gasteiger partial charge in [-0.1, -0.05) is 43.0 Å². The largest absolute Gasteiger partial charge is 0.0941 e. The van der Waals surface area contributed by atoms with Crippen LogP contribution in [0.3, 0.4) is 0 Å². The summed E-state index contributed by atoms with van der Waals surface area (Å²) >= 11 is 4.85. The van der Waals surface area contributed by atoms with Crippen LogP contribution in [0.1, 0.15) is 12.0 Å². The summed E-state index contributed by atoms with van der Waals surface area (Å²) in [6.45, 7) is 0. The van der Waals surface area contributed by atoms with Gasteiger partial charge in [0.1, 0.15) is 0 Å². The molecule has 0 saturated heterocycles. The smallest absolute Gasteiger partial charge is 0.00401 e. The topological polar surface area (TPSA) is 0 Å². The molecule has 10 heavy (non-hydrogen) atoms. The highest BCUT2D eigenvalue weighted by atomic mass is 32.1. The molecule has 0 spiro atoms. The molecule has 0 amide bonds. The van der Waals surface area contributed by atoms with Crippen LogP contribution in [0.2, 0.25) is 0 Å². The first-order valence-corrected chi connectivity index (χ1v) is 4.13. The van der Waals surface area contributed by atoms with Crippen LogP contribution in [0.4, 0.5) is 0 Å². The Balaban J connectivity index is 2.43. The molecular formula is C9H11S. The molecule has 1 heteroatoms. The summed E-state index contributed by atoms with van der Waals surface area (Å²) in [4.78, 5) is 0. The molecule has 1 aromatic rings. The zero-order valence-corrected chi connectivity index (χ0v) is 6.73. The maximum atomic E-state index is 4.85. The van der Waals surface area contributed by atoms with Crippen LogP contribution in [-0.4, -0.2) is 5.75 Å². The van der Waals surface area contributed by atoms with E-state index < -0.39 is 0 Å². The Morgan fingerprint density at radius 3 is 2.40 bits per heavy atom. The van der Waals surface area contributed by atoms with Crippen molar-refractivity contribution < 1.29 is 0 Å². The molecule has 0 unspecified atom stereocenters. The highest BCUT2D eigenvalue weighted by molar-refractivity contribution is 7.80. The van der Waals surface area contributed by atoms with Crippen molar-refractivity contribution in [2.24, 2.45) is 0 Å². The van der Waals surface area contributed by atoms with Crippen LogP contribution in [0.25, 0.3) is 0 Å². The second-order valence-corrected chi connectivity index (χ2v) is 2.70.